The van der Waals surface area contributed by atoms with Crippen LogP contribution in [-0.2, 0) is 9.47 Å². The van der Waals surface area contributed by atoms with Gasteiger partial charge in [0.15, 0.2) is 0 Å². The van der Waals surface area contributed by atoms with E-state index in [0.29, 0.717) is 10.7 Å². The van der Waals surface area contributed by atoms with Gasteiger partial charge in [0.25, 0.3) is 5.17 Å². The fourth-order valence-corrected chi connectivity index (χ4v) is 1.90. The smallest absolute Gasteiger partial charge is 0.339 e. The number of halogens is 1. The highest BCUT2D eigenvalue weighted by Gasteiger charge is 2.14. The molecule has 0 aromatic heterocycles. The molecule has 1 aromatic carbocycles. The Morgan fingerprint density at radius 2 is 1.80 bits per heavy atom. The van der Waals surface area contributed by atoms with Gasteiger partial charge in [-0.05, 0) is 58.1 Å². The second-order valence-electron chi connectivity index (χ2n) is 4.73. The van der Waals surface area contributed by atoms with Crippen LogP contribution >= 0.6 is 23.8 Å². The molecule has 1 aromatic rings. The predicted molar refractivity (Wildman–Crippen MR) is 84.4 cm³/mol. The molecule has 110 valence electrons. The molecule has 0 saturated heterocycles. The average molecular weight is 316 g/mol. The van der Waals surface area contributed by atoms with E-state index in [1.165, 1.54) is 0 Å². The van der Waals surface area contributed by atoms with Gasteiger partial charge >= 0.3 is 5.97 Å². The monoisotopic (exact) mass is 315 g/mol. The number of anilines is 1. The predicted octanol–water partition coefficient (Wildman–Crippen LogP) is 4.03. The molecule has 0 aliphatic rings. The van der Waals surface area contributed by atoms with Crippen molar-refractivity contribution in [2.75, 3.05) is 5.32 Å². The highest BCUT2D eigenvalue weighted by molar-refractivity contribution is 7.80. The van der Waals surface area contributed by atoms with Crippen LogP contribution in [0.4, 0.5) is 5.69 Å². The van der Waals surface area contributed by atoms with Gasteiger partial charge in [-0.3, -0.25) is 0 Å². The standard InChI is InChI=1S/C14H18ClNO3S/c1-8(2)18-13(17)11-7-10(5-6-12(11)15)16-14(20)19-9(3)4/h5-9H,1-4H3,(H,16,20). The Kier molecular flexibility index (Phi) is 6.23. The molecule has 0 radical (unpaired) electrons. The third-order valence-electron chi connectivity index (χ3n) is 2.12. The van der Waals surface area contributed by atoms with Gasteiger partial charge in [0.05, 0.1) is 22.8 Å². The van der Waals surface area contributed by atoms with Gasteiger partial charge in [0.2, 0.25) is 0 Å². The summed E-state index contributed by atoms with van der Waals surface area (Å²) in [6, 6.07) is 4.91. The summed E-state index contributed by atoms with van der Waals surface area (Å²) in [6.45, 7) is 7.31. The lowest BCUT2D eigenvalue weighted by Crippen LogP contribution is -2.18. The number of thiocarbonyl (C=S) groups is 1. The van der Waals surface area contributed by atoms with Crippen LogP contribution in [0.5, 0.6) is 0 Å². The topological polar surface area (TPSA) is 47.6 Å². The normalized spacial score (nSPS) is 10.6. The van der Waals surface area contributed by atoms with E-state index in [-0.39, 0.29) is 22.9 Å². The van der Waals surface area contributed by atoms with Gasteiger partial charge < -0.3 is 14.8 Å². The van der Waals surface area contributed by atoms with Crippen LogP contribution in [0.3, 0.4) is 0 Å². The minimum absolute atomic E-state index is 0.0207. The number of carbonyl (C=O) groups excluding carboxylic acids is 1. The van der Waals surface area contributed by atoms with E-state index in [2.05, 4.69) is 5.32 Å². The van der Waals surface area contributed by atoms with E-state index in [1.807, 2.05) is 13.8 Å². The van der Waals surface area contributed by atoms with E-state index in [0.717, 1.165) is 0 Å². The summed E-state index contributed by atoms with van der Waals surface area (Å²) in [5, 5.41) is 3.46. The maximum atomic E-state index is 11.9. The van der Waals surface area contributed by atoms with Crippen molar-refractivity contribution >= 4 is 40.7 Å². The van der Waals surface area contributed by atoms with E-state index in [9.17, 15) is 4.79 Å². The summed E-state index contributed by atoms with van der Waals surface area (Å²) in [6.07, 6.45) is -0.229. The summed E-state index contributed by atoms with van der Waals surface area (Å²) in [4.78, 5) is 11.9. The van der Waals surface area contributed by atoms with Crippen LogP contribution in [0.25, 0.3) is 0 Å². The van der Waals surface area contributed by atoms with Gasteiger partial charge in [-0.15, -0.1) is 0 Å². The molecule has 20 heavy (non-hydrogen) atoms. The molecule has 0 saturated carbocycles. The summed E-state index contributed by atoms with van der Waals surface area (Å²) < 4.78 is 10.4. The number of benzene rings is 1. The lowest BCUT2D eigenvalue weighted by atomic mass is 10.2. The highest BCUT2D eigenvalue weighted by Crippen LogP contribution is 2.22. The molecule has 6 heteroatoms. The first-order chi connectivity index (χ1) is 9.29. The van der Waals surface area contributed by atoms with Crippen LogP contribution in [-0.4, -0.2) is 23.4 Å². The Morgan fingerprint density at radius 1 is 1.20 bits per heavy atom. The van der Waals surface area contributed by atoms with Crippen molar-refractivity contribution in [2.24, 2.45) is 0 Å². The number of hydrogen-bond acceptors (Lipinski definition) is 4. The van der Waals surface area contributed by atoms with Crippen molar-refractivity contribution in [2.45, 2.75) is 39.9 Å². The molecule has 0 aliphatic heterocycles. The van der Waals surface area contributed by atoms with Gasteiger partial charge in [0.1, 0.15) is 0 Å². The largest absolute Gasteiger partial charge is 0.468 e. The average Bonchev–Trinajstić information content (AvgIpc) is 2.29. The van der Waals surface area contributed by atoms with Crippen LogP contribution in [0.1, 0.15) is 38.1 Å². The first-order valence-electron chi connectivity index (χ1n) is 6.27. The zero-order chi connectivity index (χ0) is 15.3. The Balaban J connectivity index is 2.86. The van der Waals surface area contributed by atoms with Crippen molar-refractivity contribution in [3.8, 4) is 0 Å². The molecule has 0 heterocycles. The van der Waals surface area contributed by atoms with Crippen molar-refractivity contribution < 1.29 is 14.3 Å². The second kappa shape index (κ2) is 7.45. The maximum Gasteiger partial charge on any atom is 0.339 e. The Labute approximate surface area is 129 Å². The van der Waals surface area contributed by atoms with Gasteiger partial charge in [-0.2, -0.15) is 0 Å². The molecular weight excluding hydrogens is 298 g/mol. The molecule has 0 bridgehead atoms. The van der Waals surface area contributed by atoms with E-state index in [4.69, 9.17) is 33.3 Å². The number of ether oxygens (including phenoxy) is 2. The Morgan fingerprint density at radius 3 is 2.35 bits per heavy atom. The molecule has 0 fully saturated rings. The van der Waals surface area contributed by atoms with Crippen LogP contribution in [0.2, 0.25) is 5.02 Å². The van der Waals surface area contributed by atoms with Crippen LogP contribution in [0, 0.1) is 0 Å². The van der Waals surface area contributed by atoms with Crippen molar-refractivity contribution in [3.05, 3.63) is 28.8 Å². The molecule has 4 nitrogen and oxygen atoms in total. The van der Waals surface area contributed by atoms with E-state index < -0.39 is 5.97 Å². The number of hydrogen-bond donors (Lipinski definition) is 1. The lowest BCUT2D eigenvalue weighted by Gasteiger charge is -2.14. The molecule has 0 amide bonds. The molecule has 0 unspecified atom stereocenters. The second-order valence-corrected chi connectivity index (χ2v) is 5.51. The first-order valence-corrected chi connectivity index (χ1v) is 7.06. The molecule has 0 aliphatic carbocycles. The summed E-state index contributed by atoms with van der Waals surface area (Å²) >= 11 is 11.0. The molecule has 1 rings (SSSR count). The van der Waals surface area contributed by atoms with Crippen molar-refractivity contribution in [1.29, 1.82) is 0 Å². The highest BCUT2D eigenvalue weighted by atomic mass is 35.5. The van der Waals surface area contributed by atoms with Gasteiger partial charge in [0, 0.05) is 5.69 Å². The third kappa shape index (κ3) is 5.35. The number of rotatable bonds is 4. The van der Waals surface area contributed by atoms with Gasteiger partial charge in [-0.25, -0.2) is 4.79 Å². The summed E-state index contributed by atoms with van der Waals surface area (Å²) in [5.41, 5.74) is 0.911. The fraction of sp³-hybridized carbons (Fsp3) is 0.429. The molecule has 1 N–H and O–H groups in total. The Hall–Kier alpha value is -1.33. The van der Waals surface area contributed by atoms with Crippen molar-refractivity contribution in [1.82, 2.24) is 0 Å². The molecule has 0 atom stereocenters. The van der Waals surface area contributed by atoms with E-state index >= 15 is 0 Å². The zero-order valence-corrected chi connectivity index (χ0v) is 13.5. The SMILES string of the molecule is CC(C)OC(=O)c1cc(NC(=S)OC(C)C)ccc1Cl. The first kappa shape index (κ1) is 16.7. The minimum Gasteiger partial charge on any atom is -0.468 e. The third-order valence-corrected chi connectivity index (χ3v) is 2.65. The quantitative estimate of drug-likeness (QED) is 0.671. The fourth-order valence-electron chi connectivity index (χ4n) is 1.40. The zero-order valence-electron chi connectivity index (χ0n) is 11.9. The number of esters is 1. The minimum atomic E-state index is -0.468. The summed E-state index contributed by atoms with van der Waals surface area (Å²) in [7, 11) is 0. The van der Waals surface area contributed by atoms with E-state index in [1.54, 1.807) is 32.0 Å². The Bertz CT molecular complexity index is 503. The van der Waals surface area contributed by atoms with Gasteiger partial charge in [-0.1, -0.05) is 11.6 Å². The maximum absolute atomic E-state index is 11.9. The van der Waals surface area contributed by atoms with Crippen LogP contribution < -0.4 is 5.32 Å². The van der Waals surface area contributed by atoms with Crippen LogP contribution in [0.15, 0.2) is 18.2 Å². The number of carbonyl (C=O) groups is 1. The summed E-state index contributed by atoms with van der Waals surface area (Å²) in [5.74, 6) is -0.468. The molecular formula is C14H18ClNO3S. The lowest BCUT2D eigenvalue weighted by molar-refractivity contribution is 0.0378. The molecule has 0 spiro atoms. The van der Waals surface area contributed by atoms with Crippen molar-refractivity contribution in [3.63, 3.8) is 0 Å². The number of nitrogens with one attached hydrogen (secondary N) is 1.